The van der Waals surface area contributed by atoms with Crippen molar-refractivity contribution in [3.63, 3.8) is 0 Å². The third-order valence-corrected chi connectivity index (χ3v) is 6.34. The van der Waals surface area contributed by atoms with Gasteiger partial charge in [-0.2, -0.15) is 4.72 Å². The van der Waals surface area contributed by atoms with Crippen molar-refractivity contribution in [1.82, 2.24) is 9.71 Å². The Morgan fingerprint density at radius 3 is 2.52 bits per heavy atom. The van der Waals surface area contributed by atoms with Crippen molar-refractivity contribution in [2.45, 2.75) is 24.8 Å². The van der Waals surface area contributed by atoms with Gasteiger partial charge in [0.1, 0.15) is 25.1 Å². The molecule has 2 heterocycles. The minimum Gasteiger partial charge on any atom is -0.486 e. The molecule has 1 amide bonds. The molecular formula is C22H23N3O5S. The maximum atomic E-state index is 13.0. The van der Waals surface area contributed by atoms with Gasteiger partial charge >= 0.3 is 0 Å². The van der Waals surface area contributed by atoms with E-state index in [0.29, 0.717) is 30.5 Å². The number of rotatable bonds is 6. The Bertz CT molecular complexity index is 1230. The van der Waals surface area contributed by atoms with Crippen molar-refractivity contribution in [3.05, 3.63) is 54.6 Å². The summed E-state index contributed by atoms with van der Waals surface area (Å²) in [6, 6.07) is 14.4. The van der Waals surface area contributed by atoms with Crippen molar-refractivity contribution >= 4 is 32.7 Å². The van der Waals surface area contributed by atoms with E-state index in [1.165, 1.54) is 12.1 Å². The zero-order chi connectivity index (χ0) is 22.0. The zero-order valence-corrected chi connectivity index (χ0v) is 18.0. The molecule has 8 nitrogen and oxygen atoms in total. The van der Waals surface area contributed by atoms with Gasteiger partial charge in [-0.3, -0.25) is 4.79 Å². The van der Waals surface area contributed by atoms with Crippen molar-refractivity contribution in [2.75, 3.05) is 18.5 Å². The van der Waals surface area contributed by atoms with E-state index in [4.69, 9.17) is 9.47 Å². The summed E-state index contributed by atoms with van der Waals surface area (Å²) >= 11 is 0. The molecule has 1 aliphatic rings. The maximum Gasteiger partial charge on any atom is 0.243 e. The molecule has 0 aliphatic carbocycles. The fraction of sp³-hybridized carbons (Fsp3) is 0.273. The lowest BCUT2D eigenvalue weighted by Crippen LogP contribution is -2.47. The van der Waals surface area contributed by atoms with E-state index in [0.717, 1.165) is 10.9 Å². The number of fused-ring (bicyclic) bond motifs is 2. The molecule has 162 valence electrons. The number of anilines is 1. The van der Waals surface area contributed by atoms with Crippen LogP contribution >= 0.6 is 0 Å². The van der Waals surface area contributed by atoms with Crippen LogP contribution in [-0.4, -0.2) is 38.6 Å². The summed E-state index contributed by atoms with van der Waals surface area (Å²) in [4.78, 5) is 17.3. The van der Waals surface area contributed by atoms with Crippen molar-refractivity contribution < 1.29 is 22.7 Å². The van der Waals surface area contributed by atoms with Gasteiger partial charge in [-0.15, -0.1) is 0 Å². The van der Waals surface area contributed by atoms with Gasteiger partial charge in [-0.05, 0) is 36.2 Å². The van der Waals surface area contributed by atoms with Gasteiger partial charge in [0.15, 0.2) is 11.5 Å². The summed E-state index contributed by atoms with van der Waals surface area (Å²) in [5.74, 6) is 0.421. The lowest BCUT2D eigenvalue weighted by molar-refractivity contribution is -0.118. The lowest BCUT2D eigenvalue weighted by atomic mass is 10.1. The van der Waals surface area contributed by atoms with E-state index in [9.17, 15) is 13.2 Å². The Morgan fingerprint density at radius 1 is 1.00 bits per heavy atom. The number of amides is 1. The van der Waals surface area contributed by atoms with E-state index < -0.39 is 22.0 Å². The van der Waals surface area contributed by atoms with Gasteiger partial charge in [0.05, 0.1) is 10.4 Å². The molecular weight excluding hydrogens is 418 g/mol. The number of nitrogens with zero attached hydrogens (tertiary/aromatic N) is 1. The number of hydrogen-bond donors (Lipinski definition) is 2. The average molecular weight is 442 g/mol. The largest absolute Gasteiger partial charge is 0.486 e. The Labute approximate surface area is 180 Å². The van der Waals surface area contributed by atoms with Crippen LogP contribution in [0.4, 0.5) is 5.82 Å². The topological polar surface area (TPSA) is 107 Å². The molecule has 0 spiro atoms. The number of carbonyl (C=O) groups is 1. The standard InChI is InChI=1S/C22H23N3O5S/c1-14(2)21(22(26)24-20-10-7-15-5-3-4-6-17(15)23-20)25-31(27,28)16-8-9-18-19(13-16)30-12-11-29-18/h3-10,13-14,21,25H,11-12H2,1-2H3,(H,23,24,26)/t21-/m0/s1. The zero-order valence-electron chi connectivity index (χ0n) is 17.2. The molecule has 1 atom stereocenters. The molecule has 1 aromatic heterocycles. The summed E-state index contributed by atoms with van der Waals surface area (Å²) in [7, 11) is -3.98. The van der Waals surface area contributed by atoms with Crippen LogP contribution in [0.25, 0.3) is 10.9 Å². The first-order valence-electron chi connectivity index (χ1n) is 9.92. The van der Waals surface area contributed by atoms with Crippen LogP contribution < -0.4 is 19.5 Å². The molecule has 3 aromatic rings. The number of carbonyl (C=O) groups excluding carboxylic acids is 1. The third kappa shape index (κ3) is 4.62. The van der Waals surface area contributed by atoms with E-state index in [-0.39, 0.29) is 10.8 Å². The summed E-state index contributed by atoms with van der Waals surface area (Å²) in [5, 5.41) is 3.66. The summed E-state index contributed by atoms with van der Waals surface area (Å²) in [6.07, 6.45) is 0. The van der Waals surface area contributed by atoms with Crippen LogP contribution in [0.3, 0.4) is 0 Å². The highest BCUT2D eigenvalue weighted by atomic mass is 32.2. The van der Waals surface area contributed by atoms with E-state index in [1.54, 1.807) is 26.0 Å². The molecule has 0 saturated carbocycles. The molecule has 31 heavy (non-hydrogen) atoms. The number of para-hydroxylation sites is 1. The van der Waals surface area contributed by atoms with Crippen LogP contribution in [0, 0.1) is 5.92 Å². The monoisotopic (exact) mass is 441 g/mol. The predicted molar refractivity (Wildman–Crippen MR) is 117 cm³/mol. The second-order valence-electron chi connectivity index (χ2n) is 7.53. The van der Waals surface area contributed by atoms with E-state index in [1.807, 2.05) is 30.3 Å². The number of hydrogen-bond acceptors (Lipinski definition) is 6. The fourth-order valence-electron chi connectivity index (χ4n) is 3.26. The minimum absolute atomic E-state index is 0.000898. The van der Waals surface area contributed by atoms with Crippen LogP contribution in [-0.2, 0) is 14.8 Å². The molecule has 0 bridgehead atoms. The smallest absolute Gasteiger partial charge is 0.243 e. The van der Waals surface area contributed by atoms with E-state index >= 15 is 0 Å². The Morgan fingerprint density at radius 2 is 1.74 bits per heavy atom. The van der Waals surface area contributed by atoms with Crippen LogP contribution in [0.15, 0.2) is 59.5 Å². The number of pyridine rings is 1. The number of ether oxygens (including phenoxy) is 2. The van der Waals surface area contributed by atoms with Gasteiger partial charge in [0.2, 0.25) is 15.9 Å². The SMILES string of the molecule is CC(C)[C@H](NS(=O)(=O)c1ccc2c(c1)OCCO2)C(=O)Nc1ccc2ccccc2n1. The third-order valence-electron chi connectivity index (χ3n) is 4.90. The van der Waals surface area contributed by atoms with Gasteiger partial charge in [-0.1, -0.05) is 32.0 Å². The summed E-state index contributed by atoms with van der Waals surface area (Å²) in [5.41, 5.74) is 0.734. The molecule has 2 N–H and O–H groups in total. The second-order valence-corrected chi connectivity index (χ2v) is 9.24. The van der Waals surface area contributed by atoms with Gasteiger partial charge in [0, 0.05) is 11.5 Å². The summed E-state index contributed by atoms with van der Waals surface area (Å²) < 4.78 is 39.3. The molecule has 0 saturated heterocycles. The highest BCUT2D eigenvalue weighted by Gasteiger charge is 2.29. The van der Waals surface area contributed by atoms with Crippen molar-refractivity contribution in [1.29, 1.82) is 0 Å². The van der Waals surface area contributed by atoms with Gasteiger partial charge < -0.3 is 14.8 Å². The minimum atomic E-state index is -3.98. The Balaban J connectivity index is 1.54. The summed E-state index contributed by atoms with van der Waals surface area (Å²) in [6.45, 7) is 4.30. The predicted octanol–water partition coefficient (Wildman–Crippen LogP) is 2.95. The number of aromatic nitrogens is 1. The van der Waals surface area contributed by atoms with Crippen molar-refractivity contribution in [3.8, 4) is 11.5 Å². The number of sulfonamides is 1. The van der Waals surface area contributed by atoms with Crippen LogP contribution in [0.1, 0.15) is 13.8 Å². The van der Waals surface area contributed by atoms with Gasteiger partial charge in [-0.25, -0.2) is 13.4 Å². The first kappa shape index (κ1) is 21.1. The highest BCUT2D eigenvalue weighted by molar-refractivity contribution is 7.89. The Kier molecular flexibility index (Phi) is 5.79. The molecule has 1 aliphatic heterocycles. The molecule has 2 aromatic carbocycles. The first-order chi connectivity index (χ1) is 14.8. The quantitative estimate of drug-likeness (QED) is 0.609. The lowest BCUT2D eigenvalue weighted by Gasteiger charge is -2.22. The van der Waals surface area contributed by atoms with E-state index in [2.05, 4.69) is 15.0 Å². The fourth-order valence-corrected chi connectivity index (χ4v) is 4.62. The van der Waals surface area contributed by atoms with Crippen LogP contribution in [0.5, 0.6) is 11.5 Å². The maximum absolute atomic E-state index is 13.0. The van der Waals surface area contributed by atoms with Gasteiger partial charge in [0.25, 0.3) is 0 Å². The number of nitrogens with one attached hydrogen (secondary N) is 2. The molecule has 0 unspecified atom stereocenters. The average Bonchev–Trinajstić information content (AvgIpc) is 2.77. The van der Waals surface area contributed by atoms with Crippen molar-refractivity contribution in [2.24, 2.45) is 5.92 Å². The Hall–Kier alpha value is -3.17. The van der Waals surface area contributed by atoms with Crippen LogP contribution in [0.2, 0.25) is 0 Å². The normalized spacial score (nSPS) is 14.4. The molecule has 9 heteroatoms. The molecule has 0 radical (unpaired) electrons. The first-order valence-corrected chi connectivity index (χ1v) is 11.4. The second kappa shape index (κ2) is 8.52. The number of benzene rings is 2. The molecule has 4 rings (SSSR count). The molecule has 0 fully saturated rings. The highest BCUT2D eigenvalue weighted by Crippen LogP contribution is 2.32.